The fourth-order valence-corrected chi connectivity index (χ4v) is 3.12. The predicted molar refractivity (Wildman–Crippen MR) is 82.7 cm³/mol. The molecule has 4 N–H and O–H groups in total. The number of carbonyl (C=O) groups is 1. The van der Waals surface area contributed by atoms with Crippen LogP contribution in [0.5, 0.6) is 0 Å². The molecular formula is C16H16N4O2. The van der Waals surface area contributed by atoms with E-state index in [9.17, 15) is 9.90 Å². The molecule has 112 valence electrons. The smallest absolute Gasteiger partial charge is 0.327 e. The minimum atomic E-state index is -0.895. The number of aromatic amines is 2. The lowest BCUT2D eigenvalue weighted by atomic mass is 10.1. The van der Waals surface area contributed by atoms with Crippen molar-refractivity contribution in [2.24, 2.45) is 0 Å². The maximum Gasteiger partial charge on any atom is 0.327 e. The van der Waals surface area contributed by atoms with Crippen LogP contribution in [0.1, 0.15) is 23.0 Å². The zero-order chi connectivity index (χ0) is 15.3. The summed E-state index contributed by atoms with van der Waals surface area (Å²) in [5.74, 6) is -0.175. The number of fused-ring (bicyclic) bond motifs is 2. The number of nitrogens with one attached hydrogen (secondary N) is 3. The fourth-order valence-electron chi connectivity index (χ4n) is 3.12. The SMILES string of the molecule is Cc1cccc2c(-c3nc4c([nH]3)CCNC4C(=O)O)c[nH]c12. The Hall–Kier alpha value is -2.60. The van der Waals surface area contributed by atoms with E-state index in [1.807, 2.05) is 18.3 Å². The summed E-state index contributed by atoms with van der Waals surface area (Å²) in [5.41, 5.74) is 4.72. The number of imidazole rings is 1. The van der Waals surface area contributed by atoms with Crippen LogP contribution in [-0.4, -0.2) is 32.6 Å². The highest BCUT2D eigenvalue weighted by molar-refractivity contribution is 5.95. The van der Waals surface area contributed by atoms with Crippen molar-refractivity contribution in [1.29, 1.82) is 0 Å². The van der Waals surface area contributed by atoms with Gasteiger partial charge < -0.3 is 15.1 Å². The highest BCUT2D eigenvalue weighted by Gasteiger charge is 2.29. The number of para-hydroxylation sites is 1. The fraction of sp³-hybridized carbons (Fsp3) is 0.250. The molecule has 1 aliphatic rings. The lowest BCUT2D eigenvalue weighted by molar-refractivity contribution is -0.139. The van der Waals surface area contributed by atoms with Crippen LogP contribution < -0.4 is 5.32 Å². The molecule has 3 aromatic rings. The molecule has 0 radical (unpaired) electrons. The first kappa shape index (κ1) is 13.1. The molecule has 4 rings (SSSR count). The van der Waals surface area contributed by atoms with Gasteiger partial charge in [-0.15, -0.1) is 0 Å². The van der Waals surface area contributed by atoms with Gasteiger partial charge in [-0.3, -0.25) is 10.1 Å². The lowest BCUT2D eigenvalue weighted by Crippen LogP contribution is -2.35. The van der Waals surface area contributed by atoms with Crippen molar-refractivity contribution < 1.29 is 9.90 Å². The van der Waals surface area contributed by atoms with Crippen LogP contribution in [0.15, 0.2) is 24.4 Å². The summed E-state index contributed by atoms with van der Waals surface area (Å²) in [6.07, 6.45) is 2.68. The van der Waals surface area contributed by atoms with Gasteiger partial charge in [-0.1, -0.05) is 18.2 Å². The quantitative estimate of drug-likeness (QED) is 0.583. The number of carboxylic acids is 1. The number of H-pyrrole nitrogens is 2. The largest absolute Gasteiger partial charge is 0.480 e. The third kappa shape index (κ3) is 1.84. The average Bonchev–Trinajstić information content (AvgIpc) is 3.10. The molecule has 3 heterocycles. The first-order chi connectivity index (χ1) is 10.6. The number of hydrogen-bond acceptors (Lipinski definition) is 3. The van der Waals surface area contributed by atoms with E-state index in [1.54, 1.807) is 0 Å². The third-order valence-corrected chi connectivity index (χ3v) is 4.23. The van der Waals surface area contributed by atoms with E-state index in [-0.39, 0.29) is 0 Å². The molecule has 1 unspecified atom stereocenters. The highest BCUT2D eigenvalue weighted by Crippen LogP contribution is 2.31. The van der Waals surface area contributed by atoms with E-state index in [4.69, 9.17) is 0 Å². The van der Waals surface area contributed by atoms with E-state index >= 15 is 0 Å². The van der Waals surface area contributed by atoms with Gasteiger partial charge in [0, 0.05) is 41.3 Å². The van der Waals surface area contributed by atoms with Gasteiger partial charge in [-0.2, -0.15) is 0 Å². The minimum Gasteiger partial charge on any atom is -0.480 e. The minimum absolute atomic E-state index is 0.593. The molecule has 0 saturated heterocycles. The molecule has 0 fully saturated rings. The van der Waals surface area contributed by atoms with Crippen molar-refractivity contribution >= 4 is 16.9 Å². The molecule has 6 heteroatoms. The van der Waals surface area contributed by atoms with Crippen LogP contribution in [0.3, 0.4) is 0 Å². The van der Waals surface area contributed by atoms with E-state index in [0.29, 0.717) is 12.2 Å². The summed E-state index contributed by atoms with van der Waals surface area (Å²) < 4.78 is 0. The summed E-state index contributed by atoms with van der Waals surface area (Å²) >= 11 is 0. The number of nitrogens with zero attached hydrogens (tertiary/aromatic N) is 1. The number of aliphatic carboxylic acids is 1. The summed E-state index contributed by atoms with van der Waals surface area (Å²) in [4.78, 5) is 22.5. The summed E-state index contributed by atoms with van der Waals surface area (Å²) in [6.45, 7) is 2.69. The normalized spacial score (nSPS) is 17.6. The number of aryl methyl sites for hydroxylation is 1. The van der Waals surface area contributed by atoms with Gasteiger partial charge >= 0.3 is 5.97 Å². The van der Waals surface area contributed by atoms with Crippen molar-refractivity contribution in [3.63, 3.8) is 0 Å². The molecule has 0 amide bonds. The maximum atomic E-state index is 11.3. The van der Waals surface area contributed by atoms with Gasteiger partial charge in [0.05, 0.1) is 5.69 Å². The Balaban J connectivity index is 1.87. The van der Waals surface area contributed by atoms with Crippen LogP contribution >= 0.6 is 0 Å². The monoisotopic (exact) mass is 296 g/mol. The van der Waals surface area contributed by atoms with Gasteiger partial charge in [0.25, 0.3) is 0 Å². The summed E-state index contributed by atoms with van der Waals surface area (Å²) in [5, 5.41) is 13.4. The Morgan fingerprint density at radius 1 is 1.41 bits per heavy atom. The van der Waals surface area contributed by atoms with Gasteiger partial charge in [0.2, 0.25) is 0 Å². The molecule has 0 aliphatic carbocycles. The first-order valence-corrected chi connectivity index (χ1v) is 7.27. The van der Waals surface area contributed by atoms with E-state index in [0.717, 1.165) is 34.4 Å². The van der Waals surface area contributed by atoms with Crippen LogP contribution in [0.4, 0.5) is 0 Å². The second-order valence-corrected chi connectivity index (χ2v) is 5.62. The Labute approximate surface area is 126 Å². The third-order valence-electron chi connectivity index (χ3n) is 4.23. The molecule has 0 bridgehead atoms. The van der Waals surface area contributed by atoms with E-state index < -0.39 is 12.0 Å². The number of hydrogen-bond donors (Lipinski definition) is 4. The number of rotatable bonds is 2. The van der Waals surface area contributed by atoms with Crippen molar-refractivity contribution in [1.82, 2.24) is 20.3 Å². The van der Waals surface area contributed by atoms with Crippen LogP contribution in [0, 0.1) is 6.92 Å². The van der Waals surface area contributed by atoms with E-state index in [1.165, 1.54) is 5.56 Å². The summed E-state index contributed by atoms with van der Waals surface area (Å²) in [7, 11) is 0. The zero-order valence-electron chi connectivity index (χ0n) is 12.1. The standard InChI is InChI=1S/C16H16N4O2/c1-8-3-2-4-9-10(7-18-12(8)9)15-19-11-5-6-17-14(16(21)22)13(11)20-15/h2-4,7,14,17-18H,5-6H2,1H3,(H,19,20)(H,21,22). The van der Waals surface area contributed by atoms with Crippen LogP contribution in [0.25, 0.3) is 22.3 Å². The van der Waals surface area contributed by atoms with Gasteiger partial charge in [0.1, 0.15) is 5.82 Å². The molecule has 0 saturated carbocycles. The molecule has 22 heavy (non-hydrogen) atoms. The van der Waals surface area contributed by atoms with Gasteiger partial charge in [0.15, 0.2) is 6.04 Å². The molecular weight excluding hydrogens is 280 g/mol. The zero-order valence-corrected chi connectivity index (χ0v) is 12.1. The van der Waals surface area contributed by atoms with Crippen molar-refractivity contribution in [2.75, 3.05) is 6.54 Å². The van der Waals surface area contributed by atoms with E-state index in [2.05, 4.69) is 33.3 Å². The highest BCUT2D eigenvalue weighted by atomic mass is 16.4. The van der Waals surface area contributed by atoms with Crippen molar-refractivity contribution in [3.8, 4) is 11.4 Å². The summed E-state index contributed by atoms with van der Waals surface area (Å²) in [6, 6.07) is 5.38. The number of aromatic nitrogens is 3. The Morgan fingerprint density at radius 2 is 2.27 bits per heavy atom. The molecule has 2 aromatic heterocycles. The lowest BCUT2D eigenvalue weighted by Gasteiger charge is -2.18. The van der Waals surface area contributed by atoms with Crippen LogP contribution in [-0.2, 0) is 11.2 Å². The molecule has 1 atom stereocenters. The molecule has 0 spiro atoms. The van der Waals surface area contributed by atoms with Crippen molar-refractivity contribution in [2.45, 2.75) is 19.4 Å². The maximum absolute atomic E-state index is 11.3. The number of carboxylic acid groups (broad SMARTS) is 1. The van der Waals surface area contributed by atoms with Crippen LogP contribution in [0.2, 0.25) is 0 Å². The molecule has 6 nitrogen and oxygen atoms in total. The Morgan fingerprint density at radius 3 is 3.09 bits per heavy atom. The Bertz CT molecular complexity index is 878. The Kier molecular flexibility index (Phi) is 2.80. The predicted octanol–water partition coefficient (Wildman–Crippen LogP) is 2.14. The average molecular weight is 296 g/mol. The van der Waals surface area contributed by atoms with Crippen molar-refractivity contribution in [3.05, 3.63) is 41.3 Å². The second-order valence-electron chi connectivity index (χ2n) is 5.62. The van der Waals surface area contributed by atoms with Gasteiger partial charge in [-0.25, -0.2) is 4.98 Å². The molecule has 1 aliphatic heterocycles. The topological polar surface area (TPSA) is 93.8 Å². The second kappa shape index (κ2) is 4.71. The number of benzene rings is 1. The first-order valence-electron chi connectivity index (χ1n) is 7.27. The van der Waals surface area contributed by atoms with Gasteiger partial charge in [-0.05, 0) is 12.5 Å². The molecule has 1 aromatic carbocycles.